The average Bonchev–Trinajstić information content (AvgIpc) is 2.39. The van der Waals surface area contributed by atoms with Gasteiger partial charge in [-0.1, -0.05) is 12.1 Å². The number of halogens is 1. The Kier molecular flexibility index (Phi) is 6.36. The topological polar surface area (TPSA) is 84.9 Å². The van der Waals surface area contributed by atoms with Crippen LogP contribution in [0, 0.1) is 5.82 Å². The minimum atomic E-state index is -1.26. The summed E-state index contributed by atoms with van der Waals surface area (Å²) in [5.74, 6) is -1.83. The monoisotopic (exact) mass is 327 g/mol. The van der Waals surface area contributed by atoms with E-state index in [1.54, 1.807) is 33.8 Å². The quantitative estimate of drug-likeness (QED) is 0.839. The van der Waals surface area contributed by atoms with Crippen LogP contribution in [0.2, 0.25) is 0 Å². The molecule has 1 aromatic carbocycles. The summed E-state index contributed by atoms with van der Waals surface area (Å²) < 4.78 is 24.1. The lowest BCUT2D eigenvalue weighted by Crippen LogP contribution is -2.44. The van der Waals surface area contributed by atoms with E-state index in [4.69, 9.17) is 9.47 Å². The fourth-order valence-corrected chi connectivity index (χ4v) is 1.89. The fourth-order valence-electron chi connectivity index (χ4n) is 1.89. The van der Waals surface area contributed by atoms with Crippen LogP contribution in [0.25, 0.3) is 0 Å². The number of aliphatic carboxylic acids is 1. The molecular formula is C16H22FNO5. The van der Waals surface area contributed by atoms with Crippen LogP contribution in [0.1, 0.15) is 33.3 Å². The lowest BCUT2D eigenvalue weighted by atomic mass is 10.0. The molecule has 128 valence electrons. The maximum atomic E-state index is 13.8. The maximum Gasteiger partial charge on any atom is 0.408 e. The van der Waals surface area contributed by atoms with Gasteiger partial charge in [0.25, 0.3) is 0 Å². The highest BCUT2D eigenvalue weighted by molar-refractivity contribution is 5.80. The van der Waals surface area contributed by atoms with Gasteiger partial charge in [0.15, 0.2) is 11.6 Å². The number of para-hydroxylation sites is 1. The van der Waals surface area contributed by atoms with E-state index in [0.717, 1.165) is 0 Å². The summed E-state index contributed by atoms with van der Waals surface area (Å²) in [6.45, 7) is 6.95. The first-order chi connectivity index (χ1) is 10.6. The van der Waals surface area contributed by atoms with Crippen LogP contribution in [0.15, 0.2) is 18.2 Å². The van der Waals surface area contributed by atoms with Gasteiger partial charge in [-0.3, -0.25) is 0 Å². The summed E-state index contributed by atoms with van der Waals surface area (Å²) in [6, 6.07) is 2.98. The Hall–Kier alpha value is -2.31. The highest BCUT2D eigenvalue weighted by atomic mass is 19.1. The Balaban J connectivity index is 2.91. The molecule has 0 spiro atoms. The molecule has 0 aliphatic heterocycles. The highest BCUT2D eigenvalue weighted by Gasteiger charge is 2.25. The Labute approximate surface area is 134 Å². The normalized spacial score (nSPS) is 12.4. The molecule has 0 saturated heterocycles. The summed E-state index contributed by atoms with van der Waals surface area (Å²) in [5, 5.41) is 11.5. The summed E-state index contributed by atoms with van der Waals surface area (Å²) in [5.41, 5.74) is -0.391. The van der Waals surface area contributed by atoms with Gasteiger partial charge in [0, 0.05) is 6.42 Å². The first-order valence-corrected chi connectivity index (χ1v) is 7.26. The summed E-state index contributed by atoms with van der Waals surface area (Å²) >= 11 is 0. The lowest BCUT2D eigenvalue weighted by molar-refractivity contribution is -0.139. The van der Waals surface area contributed by atoms with Crippen LogP contribution in [0.5, 0.6) is 5.75 Å². The molecule has 2 N–H and O–H groups in total. The van der Waals surface area contributed by atoms with Gasteiger partial charge in [0.05, 0.1) is 6.61 Å². The van der Waals surface area contributed by atoms with E-state index in [1.165, 1.54) is 12.1 Å². The number of carboxylic acid groups (broad SMARTS) is 1. The number of alkyl carbamates (subject to hydrolysis) is 1. The van der Waals surface area contributed by atoms with E-state index in [0.29, 0.717) is 5.56 Å². The van der Waals surface area contributed by atoms with Gasteiger partial charge in [-0.25, -0.2) is 14.0 Å². The van der Waals surface area contributed by atoms with Crippen molar-refractivity contribution in [2.75, 3.05) is 6.61 Å². The highest BCUT2D eigenvalue weighted by Crippen LogP contribution is 2.24. The Morgan fingerprint density at radius 3 is 2.52 bits per heavy atom. The van der Waals surface area contributed by atoms with Crippen molar-refractivity contribution in [2.45, 2.75) is 45.8 Å². The molecule has 23 heavy (non-hydrogen) atoms. The molecule has 0 saturated carbocycles. The van der Waals surface area contributed by atoms with Crippen LogP contribution in [0.3, 0.4) is 0 Å². The second kappa shape index (κ2) is 7.80. The molecule has 1 amide bonds. The van der Waals surface area contributed by atoms with Gasteiger partial charge < -0.3 is 19.9 Å². The van der Waals surface area contributed by atoms with Crippen LogP contribution < -0.4 is 10.1 Å². The van der Waals surface area contributed by atoms with Crippen LogP contribution in [0.4, 0.5) is 9.18 Å². The summed E-state index contributed by atoms with van der Waals surface area (Å²) in [6.07, 6.45) is -0.971. The van der Waals surface area contributed by atoms with Crippen LogP contribution >= 0.6 is 0 Å². The molecule has 0 heterocycles. The van der Waals surface area contributed by atoms with E-state index >= 15 is 0 Å². The smallest absolute Gasteiger partial charge is 0.408 e. The molecule has 0 fully saturated rings. The van der Waals surface area contributed by atoms with E-state index in [9.17, 15) is 19.1 Å². The first-order valence-electron chi connectivity index (χ1n) is 7.26. The molecule has 0 radical (unpaired) electrons. The number of nitrogens with one attached hydrogen (secondary N) is 1. The largest absolute Gasteiger partial charge is 0.491 e. The average molecular weight is 327 g/mol. The van der Waals surface area contributed by atoms with Gasteiger partial charge in [-0.15, -0.1) is 0 Å². The molecule has 1 aromatic rings. The number of ether oxygens (including phenoxy) is 2. The van der Waals surface area contributed by atoms with Crippen molar-refractivity contribution in [3.05, 3.63) is 29.6 Å². The van der Waals surface area contributed by atoms with Gasteiger partial charge in [0.2, 0.25) is 0 Å². The zero-order chi connectivity index (χ0) is 17.6. The number of hydrogen-bond acceptors (Lipinski definition) is 4. The molecule has 1 rings (SSSR count). The molecule has 1 unspecified atom stereocenters. The Morgan fingerprint density at radius 1 is 1.35 bits per heavy atom. The van der Waals surface area contributed by atoms with E-state index in [1.807, 2.05) is 0 Å². The van der Waals surface area contributed by atoms with Crippen molar-refractivity contribution in [1.29, 1.82) is 0 Å². The third-order valence-corrected chi connectivity index (χ3v) is 2.75. The van der Waals surface area contributed by atoms with Crippen molar-refractivity contribution in [3.8, 4) is 5.75 Å². The van der Waals surface area contributed by atoms with Crippen LogP contribution in [-0.4, -0.2) is 35.4 Å². The standard InChI is InChI=1S/C16H22FNO5/c1-5-22-13-10(7-6-8-11(13)17)9-12(14(19)20)18-15(21)23-16(2,3)4/h6-8,12H,5,9H2,1-4H3,(H,18,21)(H,19,20). The van der Waals surface area contributed by atoms with E-state index in [2.05, 4.69) is 5.32 Å². The fraction of sp³-hybridized carbons (Fsp3) is 0.500. The van der Waals surface area contributed by atoms with Gasteiger partial charge >= 0.3 is 12.1 Å². The molecule has 0 aromatic heterocycles. The molecule has 0 aliphatic rings. The first kappa shape index (κ1) is 18.7. The number of hydrogen-bond donors (Lipinski definition) is 2. The van der Waals surface area contributed by atoms with Gasteiger partial charge in [0.1, 0.15) is 11.6 Å². The molecular weight excluding hydrogens is 305 g/mol. The molecule has 6 nitrogen and oxygen atoms in total. The number of carbonyl (C=O) groups excluding carboxylic acids is 1. The summed E-state index contributed by atoms with van der Waals surface area (Å²) in [7, 11) is 0. The second-order valence-electron chi connectivity index (χ2n) is 5.90. The van der Waals surface area contributed by atoms with Crippen molar-refractivity contribution in [1.82, 2.24) is 5.32 Å². The lowest BCUT2D eigenvalue weighted by Gasteiger charge is -2.22. The van der Waals surface area contributed by atoms with Crippen molar-refractivity contribution >= 4 is 12.1 Å². The zero-order valence-corrected chi connectivity index (χ0v) is 13.7. The zero-order valence-electron chi connectivity index (χ0n) is 13.7. The number of carbonyl (C=O) groups is 2. The minimum Gasteiger partial charge on any atom is -0.491 e. The van der Waals surface area contributed by atoms with Crippen molar-refractivity contribution < 1.29 is 28.6 Å². The minimum absolute atomic E-state index is 0.00719. The predicted molar refractivity (Wildman–Crippen MR) is 82.1 cm³/mol. The predicted octanol–water partition coefficient (Wildman–Crippen LogP) is 2.74. The Bertz CT molecular complexity index is 568. The van der Waals surface area contributed by atoms with Crippen molar-refractivity contribution in [3.63, 3.8) is 0 Å². The van der Waals surface area contributed by atoms with Crippen LogP contribution in [-0.2, 0) is 16.0 Å². The van der Waals surface area contributed by atoms with Gasteiger partial charge in [-0.2, -0.15) is 0 Å². The van der Waals surface area contributed by atoms with E-state index < -0.39 is 29.5 Å². The summed E-state index contributed by atoms with van der Waals surface area (Å²) in [4.78, 5) is 23.1. The molecule has 0 bridgehead atoms. The second-order valence-corrected chi connectivity index (χ2v) is 5.90. The van der Waals surface area contributed by atoms with E-state index in [-0.39, 0.29) is 18.8 Å². The maximum absolute atomic E-state index is 13.8. The SMILES string of the molecule is CCOc1c(F)cccc1CC(NC(=O)OC(C)(C)C)C(=O)O. The third kappa shape index (κ3) is 6.14. The number of carboxylic acids is 1. The number of amides is 1. The van der Waals surface area contributed by atoms with Gasteiger partial charge in [-0.05, 0) is 39.3 Å². The molecule has 1 atom stereocenters. The van der Waals surface area contributed by atoms with Crippen molar-refractivity contribution in [2.24, 2.45) is 0 Å². The molecule has 0 aliphatic carbocycles. The number of rotatable bonds is 6. The number of benzene rings is 1. The Morgan fingerprint density at radius 2 is 2.00 bits per heavy atom. The molecule has 7 heteroatoms. The third-order valence-electron chi connectivity index (χ3n) is 2.75.